The van der Waals surface area contributed by atoms with Crippen LogP contribution in [0.15, 0.2) is 121 Å². The molecule has 0 aliphatic carbocycles. The summed E-state index contributed by atoms with van der Waals surface area (Å²) in [5.41, 5.74) is 2.70. The molecule has 4 aromatic rings. The van der Waals surface area contributed by atoms with Crippen molar-refractivity contribution < 1.29 is 65.7 Å². The largest absolute Gasteiger partial charge is 3.00 e. The summed E-state index contributed by atoms with van der Waals surface area (Å²) in [7, 11) is 0. The summed E-state index contributed by atoms with van der Waals surface area (Å²) >= 11 is 0. The first-order chi connectivity index (χ1) is 16.5. The number of carbonyl (C=O) groups excluding carboxylic acids is 4. The Kier molecular flexibility index (Phi) is 16.1. The van der Waals surface area contributed by atoms with Gasteiger partial charge < -0.3 is 30.1 Å². The monoisotopic (exact) mass is 623 g/mol. The van der Waals surface area contributed by atoms with E-state index in [1.807, 2.05) is 72.8 Å². The zero-order chi connectivity index (χ0) is 24.2. The Morgan fingerprint density at radius 1 is 0.351 bits per heavy atom. The van der Waals surface area contributed by atoms with Gasteiger partial charge in [-0.2, -0.15) is 0 Å². The van der Waals surface area contributed by atoms with Gasteiger partial charge in [-0.25, -0.2) is 0 Å². The number of rotatable bonds is 8. The van der Waals surface area contributed by atoms with Crippen LogP contribution < -0.4 is 0 Å². The van der Waals surface area contributed by atoms with Crippen LogP contribution in [0.1, 0.15) is 22.3 Å². The van der Waals surface area contributed by atoms with E-state index in [0.29, 0.717) is 22.3 Å². The van der Waals surface area contributed by atoms with Crippen molar-refractivity contribution in [2.75, 3.05) is 0 Å². The molecule has 0 radical (unpaired) electrons. The number of ketones is 4. The van der Waals surface area contributed by atoms with Crippen molar-refractivity contribution in [3.8, 4) is 0 Å². The van der Waals surface area contributed by atoms with Crippen LogP contribution in [-0.4, -0.2) is 53.3 Å². The fourth-order valence-electron chi connectivity index (χ4n) is 3.03. The van der Waals surface area contributed by atoms with Gasteiger partial charge in [0.1, 0.15) is 0 Å². The van der Waals surface area contributed by atoms with Crippen LogP contribution in [0.25, 0.3) is 0 Å². The summed E-state index contributed by atoms with van der Waals surface area (Å²) < 4.78 is 0. The van der Waals surface area contributed by atoms with Gasteiger partial charge in [0, 0.05) is 12.8 Å². The van der Waals surface area contributed by atoms with E-state index in [9.17, 15) is 19.2 Å². The molecule has 0 aliphatic heterocycles. The van der Waals surface area contributed by atoms with Crippen LogP contribution in [-0.2, 0) is 0 Å². The summed E-state index contributed by atoms with van der Waals surface area (Å²) in [5.74, 6) is 0.192. The van der Waals surface area contributed by atoms with Gasteiger partial charge in [-0.3, -0.25) is 0 Å². The molecule has 0 bridgehead atoms. The fourth-order valence-corrected chi connectivity index (χ4v) is 3.03. The third-order valence-corrected chi connectivity index (χ3v) is 4.83. The second-order valence-corrected chi connectivity index (χ2v) is 7.29. The van der Waals surface area contributed by atoms with E-state index >= 15 is 0 Å². The number of hydrogen-bond acceptors (Lipinski definition) is 2. The van der Waals surface area contributed by atoms with Gasteiger partial charge in [-0.05, 0) is 22.3 Å². The molecule has 6 nitrogen and oxygen atoms in total. The van der Waals surface area contributed by atoms with Crippen LogP contribution in [0.3, 0.4) is 0 Å². The molecule has 0 atom stereocenters. The van der Waals surface area contributed by atoms with E-state index in [1.54, 1.807) is 48.5 Å². The third-order valence-electron chi connectivity index (χ3n) is 4.83. The first-order valence-corrected chi connectivity index (χ1v) is 10.7. The van der Waals surface area contributed by atoms with Crippen molar-refractivity contribution in [3.05, 3.63) is 156 Å². The first kappa shape index (κ1) is 33.4. The molecule has 0 saturated heterocycles. The van der Waals surface area contributed by atoms with Crippen LogP contribution in [0.5, 0.6) is 0 Å². The van der Waals surface area contributed by atoms with E-state index in [0.717, 1.165) is 0 Å². The van der Waals surface area contributed by atoms with Crippen LogP contribution in [0.4, 0.5) is 0 Å². The van der Waals surface area contributed by atoms with Gasteiger partial charge in [-0.15, -0.1) is 48.5 Å². The maximum atomic E-state index is 9.83. The minimum absolute atomic E-state index is 0. The number of hydrogen-bond donors (Lipinski definition) is 0. The SMILES string of the molecule is [La+3].[OH+]=C([CH-]C(=[OH+])c1ccccc1)c1ccccc1.[OH+]=C([CH-]C(=[OH+])c1ccccc1)c1ccccc1.[OH-].[OH-]. The maximum Gasteiger partial charge on any atom is 3.00 e. The second kappa shape index (κ2) is 17.8. The minimum Gasteiger partial charge on any atom is -0.870 e. The van der Waals surface area contributed by atoms with Crippen molar-refractivity contribution >= 4 is 23.1 Å². The molecule has 0 aromatic heterocycles. The second-order valence-electron chi connectivity index (χ2n) is 7.29. The Labute approximate surface area is 244 Å². The molecular weight excluding hydrogens is 595 g/mol. The summed E-state index contributed by atoms with van der Waals surface area (Å²) in [4.78, 5) is 39.3. The van der Waals surface area contributed by atoms with Gasteiger partial charge in [0.05, 0.1) is 0 Å². The molecule has 4 rings (SSSR count). The predicted octanol–water partition coefficient (Wildman–Crippen LogP) is 4.40. The molecule has 0 unspecified atom stereocenters. The van der Waals surface area contributed by atoms with Crippen molar-refractivity contribution in [3.63, 3.8) is 0 Å². The molecule has 0 spiro atoms. The van der Waals surface area contributed by atoms with Gasteiger partial charge in [0.2, 0.25) is 0 Å². The summed E-state index contributed by atoms with van der Waals surface area (Å²) in [5, 5.41) is 0. The molecule has 6 N–H and O–H groups in total. The molecule has 0 saturated carbocycles. The summed E-state index contributed by atoms with van der Waals surface area (Å²) in [6, 6.07) is 36.4. The average Bonchev–Trinajstić information content (AvgIpc) is 2.91. The molecule has 37 heavy (non-hydrogen) atoms. The van der Waals surface area contributed by atoms with Crippen molar-refractivity contribution in [2.24, 2.45) is 0 Å². The van der Waals surface area contributed by atoms with Crippen LogP contribution in [0.2, 0.25) is 0 Å². The van der Waals surface area contributed by atoms with Gasteiger partial charge in [0.25, 0.3) is 23.1 Å². The Bertz CT molecular complexity index is 1040. The fraction of sp³-hybridized carbons (Fsp3) is 0. The van der Waals surface area contributed by atoms with E-state index in [-0.39, 0.29) is 69.7 Å². The Morgan fingerprint density at radius 2 is 0.514 bits per heavy atom. The topological polar surface area (TPSA) is 146 Å². The average molecular weight is 623 g/mol. The zero-order valence-corrected chi connectivity index (χ0v) is 23.6. The summed E-state index contributed by atoms with van der Waals surface area (Å²) in [6.07, 6.45) is 2.70. The molecule has 184 valence electrons. The maximum absolute atomic E-state index is 9.83. The first-order valence-electron chi connectivity index (χ1n) is 10.7. The van der Waals surface area contributed by atoms with Crippen molar-refractivity contribution in [2.45, 2.75) is 0 Å². The third kappa shape index (κ3) is 10.9. The number of benzene rings is 4. The van der Waals surface area contributed by atoms with Crippen molar-refractivity contribution in [1.82, 2.24) is 0 Å². The minimum atomic E-state index is 0. The Hall–Kier alpha value is -3.59. The molecule has 0 fully saturated rings. The van der Waals surface area contributed by atoms with E-state index < -0.39 is 0 Å². The van der Waals surface area contributed by atoms with Gasteiger partial charge >= 0.3 is 35.6 Å². The molecule has 0 aliphatic rings. The van der Waals surface area contributed by atoms with Gasteiger partial charge in [-0.1, -0.05) is 72.8 Å². The van der Waals surface area contributed by atoms with E-state index in [2.05, 4.69) is 0 Å². The predicted molar refractivity (Wildman–Crippen MR) is 142 cm³/mol. The molecule has 0 amide bonds. The standard InChI is InChI=1S/2C15H11O2.La.2H2O/c2*16-14(12-7-3-1-4-8-12)11-15(17)13-9-5-2-6-10-13;;;/h2*1-11H;;2*1H2/q2*-1;+3;;/p+2. The molecule has 0 heterocycles. The normalized spacial score (nSPS) is 8.86. The molecule has 7 heteroatoms. The van der Waals surface area contributed by atoms with Crippen molar-refractivity contribution in [1.29, 1.82) is 0 Å². The zero-order valence-electron chi connectivity index (χ0n) is 20.0. The van der Waals surface area contributed by atoms with E-state index in [1.165, 1.54) is 12.8 Å². The molecule has 4 aromatic carbocycles. The van der Waals surface area contributed by atoms with Gasteiger partial charge in [0.15, 0.2) is 0 Å². The van der Waals surface area contributed by atoms with Crippen LogP contribution in [0, 0.1) is 48.4 Å². The molecular formula is C30H28LaO6+3. The Morgan fingerprint density at radius 3 is 0.676 bits per heavy atom. The van der Waals surface area contributed by atoms with Crippen LogP contribution >= 0.6 is 0 Å². The van der Waals surface area contributed by atoms with E-state index in [4.69, 9.17) is 0 Å². The Balaban J connectivity index is 0.000000648. The quantitative estimate of drug-likeness (QED) is 0.124. The smallest absolute Gasteiger partial charge is 0.870 e. The summed E-state index contributed by atoms with van der Waals surface area (Å²) in [6.45, 7) is 0.